The Balaban J connectivity index is 1.69. The molecule has 1 aromatic rings. The Morgan fingerprint density at radius 2 is 2.14 bits per heavy atom. The molecule has 1 aromatic heterocycles. The van der Waals surface area contributed by atoms with Gasteiger partial charge in [-0.15, -0.1) is 0 Å². The molecule has 6 nitrogen and oxygen atoms in total. The number of ether oxygens (including phenoxy) is 1. The standard InChI is InChI=1S/C16H24N4O2/c1-11-10-22-16(21)20(11)14-8-9-17-15(19-14)18-12(2)13-6-4-3-5-7-13/h8-9,11-13H,3-7,10H2,1-2H3,(H,17,18,19)/t11-,12+/m1/s1. The number of hydrogen-bond donors (Lipinski definition) is 1. The van der Waals surface area contributed by atoms with Gasteiger partial charge in [0.15, 0.2) is 0 Å². The van der Waals surface area contributed by atoms with Gasteiger partial charge in [-0.25, -0.2) is 9.78 Å². The number of carbonyl (C=O) groups is 1. The zero-order valence-electron chi connectivity index (χ0n) is 13.3. The van der Waals surface area contributed by atoms with Gasteiger partial charge in [0.25, 0.3) is 0 Å². The molecule has 2 atom stereocenters. The van der Waals surface area contributed by atoms with E-state index in [1.807, 2.05) is 6.92 Å². The van der Waals surface area contributed by atoms with Crippen LogP contribution in [0.2, 0.25) is 0 Å². The Bertz CT molecular complexity index is 531. The fourth-order valence-corrected chi connectivity index (χ4v) is 3.34. The van der Waals surface area contributed by atoms with E-state index in [1.165, 1.54) is 32.1 Å². The van der Waals surface area contributed by atoms with E-state index < -0.39 is 0 Å². The quantitative estimate of drug-likeness (QED) is 0.925. The van der Waals surface area contributed by atoms with E-state index in [-0.39, 0.29) is 12.1 Å². The van der Waals surface area contributed by atoms with Crippen molar-refractivity contribution in [2.24, 2.45) is 5.92 Å². The van der Waals surface area contributed by atoms with E-state index in [1.54, 1.807) is 17.2 Å². The lowest BCUT2D eigenvalue weighted by Crippen LogP contribution is -2.32. The van der Waals surface area contributed by atoms with Crippen LogP contribution in [-0.2, 0) is 4.74 Å². The van der Waals surface area contributed by atoms with Gasteiger partial charge in [0.2, 0.25) is 5.95 Å². The third-order valence-corrected chi connectivity index (χ3v) is 4.69. The smallest absolute Gasteiger partial charge is 0.415 e. The molecule has 22 heavy (non-hydrogen) atoms. The molecule has 1 saturated carbocycles. The van der Waals surface area contributed by atoms with Crippen LogP contribution < -0.4 is 10.2 Å². The van der Waals surface area contributed by atoms with Crippen LogP contribution >= 0.6 is 0 Å². The summed E-state index contributed by atoms with van der Waals surface area (Å²) in [4.78, 5) is 22.2. The minimum Gasteiger partial charge on any atom is -0.447 e. The molecule has 2 heterocycles. The highest BCUT2D eigenvalue weighted by molar-refractivity contribution is 5.89. The van der Waals surface area contributed by atoms with Gasteiger partial charge in [-0.1, -0.05) is 19.3 Å². The summed E-state index contributed by atoms with van der Waals surface area (Å²) in [6.07, 6.45) is 7.87. The van der Waals surface area contributed by atoms with Gasteiger partial charge in [0.1, 0.15) is 12.4 Å². The summed E-state index contributed by atoms with van der Waals surface area (Å²) >= 11 is 0. The van der Waals surface area contributed by atoms with Crippen LogP contribution in [0.25, 0.3) is 0 Å². The Morgan fingerprint density at radius 1 is 1.36 bits per heavy atom. The maximum absolute atomic E-state index is 11.8. The van der Waals surface area contributed by atoms with Crippen molar-refractivity contribution < 1.29 is 9.53 Å². The monoisotopic (exact) mass is 304 g/mol. The summed E-state index contributed by atoms with van der Waals surface area (Å²) in [5, 5.41) is 3.40. The first kappa shape index (κ1) is 15.1. The predicted molar refractivity (Wildman–Crippen MR) is 85.0 cm³/mol. The summed E-state index contributed by atoms with van der Waals surface area (Å²) in [5.74, 6) is 1.86. The fourth-order valence-electron chi connectivity index (χ4n) is 3.34. The lowest BCUT2D eigenvalue weighted by atomic mass is 9.85. The predicted octanol–water partition coefficient (Wildman–Crippen LogP) is 3.20. The van der Waals surface area contributed by atoms with E-state index in [0.717, 1.165) is 0 Å². The van der Waals surface area contributed by atoms with Crippen LogP contribution in [0.4, 0.5) is 16.6 Å². The molecule has 1 aliphatic heterocycles. The van der Waals surface area contributed by atoms with E-state index in [0.29, 0.717) is 30.3 Å². The molecule has 0 spiro atoms. The minimum atomic E-state index is -0.336. The molecule has 1 saturated heterocycles. The van der Waals surface area contributed by atoms with Crippen molar-refractivity contribution in [2.45, 2.75) is 58.0 Å². The molecule has 0 bridgehead atoms. The summed E-state index contributed by atoms with van der Waals surface area (Å²) in [7, 11) is 0. The Hall–Kier alpha value is -1.85. The number of nitrogens with zero attached hydrogens (tertiary/aromatic N) is 3. The molecule has 6 heteroatoms. The van der Waals surface area contributed by atoms with Crippen LogP contribution in [0.5, 0.6) is 0 Å². The first-order chi connectivity index (χ1) is 10.6. The number of cyclic esters (lactones) is 1. The van der Waals surface area contributed by atoms with Crippen LogP contribution in [0.1, 0.15) is 46.0 Å². The molecule has 3 rings (SSSR count). The largest absolute Gasteiger partial charge is 0.447 e. The van der Waals surface area contributed by atoms with Gasteiger partial charge in [-0.3, -0.25) is 4.90 Å². The van der Waals surface area contributed by atoms with Gasteiger partial charge in [-0.05, 0) is 38.7 Å². The third-order valence-electron chi connectivity index (χ3n) is 4.69. The molecule has 1 amide bonds. The van der Waals surface area contributed by atoms with Crippen molar-refractivity contribution in [3.05, 3.63) is 12.3 Å². The normalized spacial score (nSPS) is 24.2. The Labute approximate surface area is 131 Å². The van der Waals surface area contributed by atoms with Crippen molar-refractivity contribution in [2.75, 3.05) is 16.8 Å². The number of carbonyl (C=O) groups excluding carboxylic acids is 1. The van der Waals surface area contributed by atoms with Crippen LogP contribution in [0, 0.1) is 5.92 Å². The summed E-state index contributed by atoms with van der Waals surface area (Å²) < 4.78 is 5.05. The average molecular weight is 304 g/mol. The molecule has 0 aromatic carbocycles. The zero-order valence-corrected chi connectivity index (χ0v) is 13.3. The molecule has 2 fully saturated rings. The van der Waals surface area contributed by atoms with Crippen LogP contribution in [0.3, 0.4) is 0 Å². The van der Waals surface area contributed by atoms with Crippen molar-refractivity contribution in [3.63, 3.8) is 0 Å². The number of rotatable bonds is 4. The van der Waals surface area contributed by atoms with Gasteiger partial charge in [-0.2, -0.15) is 4.98 Å². The molecule has 0 unspecified atom stereocenters. The summed E-state index contributed by atoms with van der Waals surface area (Å²) in [5.41, 5.74) is 0. The molecular weight excluding hydrogens is 280 g/mol. The molecule has 0 radical (unpaired) electrons. The third kappa shape index (κ3) is 3.15. The lowest BCUT2D eigenvalue weighted by Gasteiger charge is -2.28. The van der Waals surface area contributed by atoms with Crippen LogP contribution in [-0.4, -0.2) is 34.8 Å². The summed E-state index contributed by atoms with van der Waals surface area (Å²) in [6, 6.07) is 2.10. The highest BCUT2D eigenvalue weighted by Gasteiger charge is 2.32. The Kier molecular flexibility index (Phi) is 4.45. The maximum Gasteiger partial charge on any atom is 0.415 e. The van der Waals surface area contributed by atoms with Crippen molar-refractivity contribution in [1.82, 2.24) is 9.97 Å². The average Bonchev–Trinajstić information content (AvgIpc) is 2.87. The molecule has 1 N–H and O–H groups in total. The van der Waals surface area contributed by atoms with Crippen LogP contribution in [0.15, 0.2) is 12.3 Å². The van der Waals surface area contributed by atoms with Crippen molar-refractivity contribution in [3.8, 4) is 0 Å². The highest BCUT2D eigenvalue weighted by Crippen LogP contribution is 2.28. The molecule has 1 aliphatic carbocycles. The second-order valence-corrected chi connectivity index (χ2v) is 6.37. The lowest BCUT2D eigenvalue weighted by molar-refractivity contribution is 0.179. The van der Waals surface area contributed by atoms with Gasteiger partial charge in [0, 0.05) is 12.2 Å². The van der Waals surface area contributed by atoms with E-state index in [4.69, 9.17) is 4.74 Å². The van der Waals surface area contributed by atoms with Gasteiger partial charge in [0.05, 0.1) is 6.04 Å². The highest BCUT2D eigenvalue weighted by atomic mass is 16.6. The maximum atomic E-state index is 11.8. The van der Waals surface area contributed by atoms with Gasteiger partial charge >= 0.3 is 6.09 Å². The minimum absolute atomic E-state index is 0.00557. The number of nitrogens with one attached hydrogen (secondary N) is 1. The van der Waals surface area contributed by atoms with Crippen molar-refractivity contribution in [1.29, 1.82) is 0 Å². The topological polar surface area (TPSA) is 67.4 Å². The zero-order chi connectivity index (χ0) is 15.5. The first-order valence-corrected chi connectivity index (χ1v) is 8.20. The van der Waals surface area contributed by atoms with Gasteiger partial charge < -0.3 is 10.1 Å². The summed E-state index contributed by atoms with van der Waals surface area (Å²) in [6.45, 7) is 4.55. The SMILES string of the molecule is C[C@H](Nc1nccc(N2C(=O)OC[C@H]2C)n1)C1CCCCC1. The van der Waals surface area contributed by atoms with E-state index >= 15 is 0 Å². The number of anilines is 2. The molecular formula is C16H24N4O2. The first-order valence-electron chi connectivity index (χ1n) is 8.20. The molecule has 2 aliphatic rings. The number of amides is 1. The van der Waals surface area contributed by atoms with E-state index in [2.05, 4.69) is 22.2 Å². The van der Waals surface area contributed by atoms with E-state index in [9.17, 15) is 4.79 Å². The number of hydrogen-bond acceptors (Lipinski definition) is 5. The Morgan fingerprint density at radius 3 is 2.82 bits per heavy atom. The second-order valence-electron chi connectivity index (χ2n) is 6.37. The fraction of sp³-hybridized carbons (Fsp3) is 0.688. The number of aromatic nitrogens is 2. The molecule has 120 valence electrons. The second kappa shape index (κ2) is 6.50. The van der Waals surface area contributed by atoms with Crippen molar-refractivity contribution >= 4 is 17.9 Å².